The van der Waals surface area contributed by atoms with Crippen molar-refractivity contribution in [2.75, 3.05) is 6.54 Å². The molecule has 0 fully saturated rings. The Kier molecular flexibility index (Phi) is 4.04. The van der Waals surface area contributed by atoms with Crippen LogP contribution in [0.1, 0.15) is 0 Å². The van der Waals surface area contributed by atoms with Gasteiger partial charge in [-0.1, -0.05) is 19.2 Å². The quantitative estimate of drug-likeness (QED) is 0.318. The highest BCUT2D eigenvalue weighted by atomic mass is 32.1. The maximum Gasteiger partial charge on any atom is 0.0737 e. The van der Waals surface area contributed by atoms with Crippen molar-refractivity contribution in [2.45, 2.75) is 0 Å². The van der Waals surface area contributed by atoms with Crippen molar-refractivity contribution < 1.29 is 0 Å². The minimum absolute atomic E-state index is 0.521. The van der Waals surface area contributed by atoms with Gasteiger partial charge in [0.1, 0.15) is 0 Å². The molecule has 0 rings (SSSR count). The summed E-state index contributed by atoms with van der Waals surface area (Å²) in [6.45, 7) is 7.63. The lowest BCUT2D eigenvalue weighted by Gasteiger charge is -1.85. The topological polar surface area (TPSA) is 12.4 Å². The van der Waals surface area contributed by atoms with E-state index < -0.39 is 0 Å². The molecule has 2 heteroatoms. The van der Waals surface area contributed by atoms with Crippen LogP contribution in [0.5, 0.6) is 0 Å². The molecule has 0 amide bonds. The summed E-state index contributed by atoms with van der Waals surface area (Å²) in [5, 5.41) is 2.23. The number of nitrogens with zero attached hydrogens (tertiary/aromatic N) is 1. The summed E-state index contributed by atoms with van der Waals surface area (Å²) in [5.41, 5.74) is 0.863. The van der Waals surface area contributed by atoms with E-state index in [-0.39, 0.29) is 0 Å². The van der Waals surface area contributed by atoms with Crippen LogP contribution in [0.3, 0.4) is 0 Å². The Morgan fingerprint density at radius 2 is 2.50 bits per heavy atom. The number of aliphatic imine (C=N–C) groups is 1. The van der Waals surface area contributed by atoms with Gasteiger partial charge >= 0.3 is 0 Å². The van der Waals surface area contributed by atoms with Crippen molar-refractivity contribution in [1.29, 1.82) is 0 Å². The van der Waals surface area contributed by atoms with Crippen molar-refractivity contribution in [2.24, 2.45) is 4.99 Å². The Morgan fingerprint density at radius 3 is 2.88 bits per heavy atom. The number of hydrogen-bond donors (Lipinski definition) is 0. The fraction of sp³-hybridized carbons (Fsp3) is 0.167. The second-order valence-electron chi connectivity index (χ2n) is 1.27. The van der Waals surface area contributed by atoms with Gasteiger partial charge in [0.25, 0.3) is 0 Å². The van der Waals surface area contributed by atoms with Crippen molar-refractivity contribution in [3.05, 3.63) is 24.8 Å². The third-order valence-electron chi connectivity index (χ3n) is 0.635. The summed E-state index contributed by atoms with van der Waals surface area (Å²) in [6.07, 6.45) is 1.65. The molecular formula is C6H7NS. The van der Waals surface area contributed by atoms with Crippen molar-refractivity contribution in [3.8, 4) is 0 Å². The van der Waals surface area contributed by atoms with Crippen LogP contribution < -0.4 is 0 Å². The molecule has 0 aromatic rings. The van der Waals surface area contributed by atoms with Gasteiger partial charge in [0.05, 0.1) is 11.7 Å². The van der Waals surface area contributed by atoms with Crippen LogP contribution in [-0.2, 0) is 0 Å². The Bertz CT molecular complexity index is 143. The van der Waals surface area contributed by atoms with Crippen molar-refractivity contribution in [1.82, 2.24) is 0 Å². The standard InChI is InChI=1S/C6H7NS/c1-3-6(2)4-7-5-8/h3H,1-2,4H2. The molecule has 0 heterocycles. The first kappa shape index (κ1) is 7.28. The second-order valence-corrected chi connectivity index (χ2v) is 1.45. The van der Waals surface area contributed by atoms with Gasteiger partial charge in [-0.3, -0.25) is 0 Å². The van der Waals surface area contributed by atoms with Crippen LogP contribution in [0.25, 0.3) is 0 Å². The van der Waals surface area contributed by atoms with E-state index in [1.807, 2.05) is 0 Å². The molecule has 0 saturated heterocycles. The largest absolute Gasteiger partial charge is 0.228 e. The maximum atomic E-state index is 4.33. The molecule has 0 bridgehead atoms. The van der Waals surface area contributed by atoms with E-state index in [1.54, 1.807) is 6.08 Å². The molecule has 42 valence electrons. The predicted molar refractivity (Wildman–Crippen MR) is 39.2 cm³/mol. The zero-order chi connectivity index (χ0) is 6.41. The maximum absolute atomic E-state index is 4.33. The minimum Gasteiger partial charge on any atom is -0.228 e. The first-order valence-electron chi connectivity index (χ1n) is 2.15. The molecule has 1 nitrogen and oxygen atoms in total. The van der Waals surface area contributed by atoms with Gasteiger partial charge in [0.2, 0.25) is 0 Å². The molecule has 0 atom stereocenters. The van der Waals surface area contributed by atoms with Gasteiger partial charge in [0.15, 0.2) is 0 Å². The van der Waals surface area contributed by atoms with E-state index >= 15 is 0 Å². The lowest BCUT2D eigenvalue weighted by Crippen LogP contribution is -1.77. The molecule has 0 radical (unpaired) electrons. The van der Waals surface area contributed by atoms with Crippen molar-refractivity contribution >= 4 is 17.4 Å². The Balaban J connectivity index is 3.55. The number of isothiocyanates is 1. The molecule has 0 aliphatic carbocycles. The van der Waals surface area contributed by atoms with Crippen LogP contribution in [-0.4, -0.2) is 11.7 Å². The minimum atomic E-state index is 0.521. The van der Waals surface area contributed by atoms with Gasteiger partial charge < -0.3 is 0 Å². The molecule has 0 aliphatic heterocycles. The second kappa shape index (κ2) is 4.44. The third-order valence-corrected chi connectivity index (χ3v) is 0.764. The first-order valence-corrected chi connectivity index (χ1v) is 2.56. The zero-order valence-electron chi connectivity index (χ0n) is 4.55. The fourth-order valence-electron chi connectivity index (χ4n) is 0.198. The van der Waals surface area contributed by atoms with Gasteiger partial charge in [-0.25, -0.2) is 4.99 Å². The normalized spacial score (nSPS) is 7.00. The highest BCUT2D eigenvalue weighted by Gasteiger charge is 1.78. The lowest BCUT2D eigenvalue weighted by molar-refractivity contribution is 1.21. The molecule has 0 unspecified atom stereocenters. The summed E-state index contributed by atoms with van der Waals surface area (Å²) >= 11 is 4.33. The number of thiocarbonyl (C=S) groups is 1. The Morgan fingerprint density at radius 1 is 1.88 bits per heavy atom. The van der Waals surface area contributed by atoms with E-state index in [0.717, 1.165) is 5.57 Å². The van der Waals surface area contributed by atoms with Gasteiger partial charge in [-0.2, -0.15) is 0 Å². The average Bonchev–Trinajstić information content (AvgIpc) is 1.83. The zero-order valence-corrected chi connectivity index (χ0v) is 5.37. The average molecular weight is 125 g/mol. The summed E-state index contributed by atoms with van der Waals surface area (Å²) < 4.78 is 0. The molecule has 0 spiro atoms. The predicted octanol–water partition coefficient (Wildman–Crippen LogP) is 1.83. The van der Waals surface area contributed by atoms with Crippen molar-refractivity contribution in [3.63, 3.8) is 0 Å². The fourth-order valence-corrected chi connectivity index (χ4v) is 0.263. The molecule has 8 heavy (non-hydrogen) atoms. The summed E-state index contributed by atoms with van der Waals surface area (Å²) in [4.78, 5) is 3.64. The molecule has 0 aliphatic rings. The molecule has 0 aromatic carbocycles. The molecule has 0 aromatic heterocycles. The highest BCUT2D eigenvalue weighted by Crippen LogP contribution is 1.88. The number of hydrogen-bond acceptors (Lipinski definition) is 2. The first-order chi connectivity index (χ1) is 3.81. The van der Waals surface area contributed by atoms with E-state index in [2.05, 4.69) is 35.5 Å². The van der Waals surface area contributed by atoms with Crippen LogP contribution in [0.2, 0.25) is 0 Å². The summed E-state index contributed by atoms with van der Waals surface area (Å²) in [6, 6.07) is 0. The molecular weight excluding hydrogens is 118 g/mol. The van der Waals surface area contributed by atoms with Crippen LogP contribution in [0.15, 0.2) is 29.8 Å². The lowest BCUT2D eigenvalue weighted by atomic mass is 10.3. The van der Waals surface area contributed by atoms with E-state index in [9.17, 15) is 0 Å². The van der Waals surface area contributed by atoms with Gasteiger partial charge in [-0.15, -0.1) is 0 Å². The highest BCUT2D eigenvalue weighted by molar-refractivity contribution is 7.78. The van der Waals surface area contributed by atoms with Gasteiger partial charge in [0, 0.05) is 0 Å². The van der Waals surface area contributed by atoms with E-state index in [1.165, 1.54) is 0 Å². The smallest absolute Gasteiger partial charge is 0.0737 e. The third kappa shape index (κ3) is 3.47. The molecule has 0 N–H and O–H groups in total. The molecule has 0 saturated carbocycles. The Hall–Kier alpha value is -0.720. The van der Waals surface area contributed by atoms with E-state index in [4.69, 9.17) is 0 Å². The van der Waals surface area contributed by atoms with Crippen LogP contribution in [0.4, 0.5) is 0 Å². The number of rotatable bonds is 3. The van der Waals surface area contributed by atoms with Gasteiger partial charge in [-0.05, 0) is 17.8 Å². The summed E-state index contributed by atoms with van der Waals surface area (Å²) in [7, 11) is 0. The van der Waals surface area contributed by atoms with Crippen LogP contribution >= 0.6 is 12.2 Å². The van der Waals surface area contributed by atoms with Crippen LogP contribution in [0, 0.1) is 0 Å². The van der Waals surface area contributed by atoms with E-state index in [0.29, 0.717) is 6.54 Å². The monoisotopic (exact) mass is 125 g/mol. The summed E-state index contributed by atoms with van der Waals surface area (Å²) in [5.74, 6) is 0. The Labute approximate surface area is 54.4 Å². The SMILES string of the molecule is C=CC(=C)CN=C=S.